The van der Waals surface area contributed by atoms with Crippen molar-refractivity contribution in [2.75, 3.05) is 24.0 Å². The third kappa shape index (κ3) is 5.71. The highest BCUT2D eigenvalue weighted by Crippen LogP contribution is 2.47. The van der Waals surface area contributed by atoms with Crippen molar-refractivity contribution in [2.45, 2.75) is 41.5 Å². The minimum Gasteiger partial charge on any atom is -0.497 e. The monoisotopic (exact) mass is 556 g/mol. The first-order valence-corrected chi connectivity index (χ1v) is 14.3. The third-order valence-corrected chi connectivity index (χ3v) is 7.73. The number of methoxy groups -OCH3 is 2. The van der Waals surface area contributed by atoms with Crippen LogP contribution in [-0.2, 0) is 0 Å². The van der Waals surface area contributed by atoms with Crippen LogP contribution in [0.2, 0.25) is 0 Å². The zero-order valence-corrected chi connectivity index (χ0v) is 25.9. The molecule has 0 aliphatic carbocycles. The minimum atomic E-state index is 0.840. The van der Waals surface area contributed by atoms with Gasteiger partial charge >= 0.3 is 0 Å². The zero-order chi connectivity index (χ0) is 30.0. The van der Waals surface area contributed by atoms with Gasteiger partial charge in [0, 0.05) is 22.7 Å². The SMILES string of the molecule is COc1cc(C)c(N(c2ccc(N(c3ccc(C)cc3)c3ccc(C)cc3)cc2)c2c(C)cc(C)cc2OC)c(C)c1. The lowest BCUT2D eigenvalue weighted by Gasteiger charge is -2.32. The summed E-state index contributed by atoms with van der Waals surface area (Å²) in [4.78, 5) is 4.62. The molecule has 0 fully saturated rings. The Hall–Kier alpha value is -4.70. The van der Waals surface area contributed by atoms with Gasteiger partial charge in [-0.25, -0.2) is 0 Å². The van der Waals surface area contributed by atoms with E-state index in [4.69, 9.17) is 9.47 Å². The van der Waals surface area contributed by atoms with E-state index < -0.39 is 0 Å². The number of aryl methyl sites for hydroxylation is 6. The van der Waals surface area contributed by atoms with E-state index in [1.165, 1.54) is 16.7 Å². The Labute approximate surface area is 250 Å². The smallest absolute Gasteiger partial charge is 0.143 e. The molecule has 0 atom stereocenters. The Morgan fingerprint density at radius 2 is 0.810 bits per heavy atom. The number of benzene rings is 5. The minimum absolute atomic E-state index is 0.840. The van der Waals surface area contributed by atoms with E-state index in [9.17, 15) is 0 Å². The zero-order valence-electron chi connectivity index (χ0n) is 25.9. The first-order valence-electron chi connectivity index (χ1n) is 14.3. The lowest BCUT2D eigenvalue weighted by Crippen LogP contribution is -2.16. The van der Waals surface area contributed by atoms with Crippen LogP contribution in [0.5, 0.6) is 11.5 Å². The average Bonchev–Trinajstić information content (AvgIpc) is 2.97. The molecule has 0 spiro atoms. The summed E-state index contributed by atoms with van der Waals surface area (Å²) < 4.78 is 11.6. The van der Waals surface area contributed by atoms with Crippen LogP contribution >= 0.6 is 0 Å². The fourth-order valence-electron chi connectivity index (χ4n) is 5.71. The molecule has 5 rings (SSSR count). The summed E-state index contributed by atoms with van der Waals surface area (Å²) >= 11 is 0. The van der Waals surface area contributed by atoms with Gasteiger partial charge in [-0.3, -0.25) is 0 Å². The van der Waals surface area contributed by atoms with E-state index >= 15 is 0 Å². The normalized spacial score (nSPS) is 10.9. The molecule has 4 nitrogen and oxygen atoms in total. The van der Waals surface area contributed by atoms with Crippen LogP contribution in [0.25, 0.3) is 0 Å². The van der Waals surface area contributed by atoms with Crippen LogP contribution in [0.4, 0.5) is 34.1 Å². The van der Waals surface area contributed by atoms with Gasteiger partial charge in [-0.05, 0) is 131 Å². The van der Waals surface area contributed by atoms with E-state index in [0.29, 0.717) is 0 Å². The topological polar surface area (TPSA) is 24.9 Å². The number of hydrogen-bond donors (Lipinski definition) is 0. The van der Waals surface area contributed by atoms with Gasteiger partial charge in [-0.15, -0.1) is 0 Å². The van der Waals surface area contributed by atoms with Gasteiger partial charge in [0.15, 0.2) is 0 Å². The second-order valence-corrected chi connectivity index (χ2v) is 11.1. The summed E-state index contributed by atoms with van der Waals surface area (Å²) in [5.74, 6) is 1.69. The number of hydrogen-bond acceptors (Lipinski definition) is 4. The fourth-order valence-corrected chi connectivity index (χ4v) is 5.71. The highest BCUT2D eigenvalue weighted by Gasteiger charge is 2.24. The predicted octanol–water partition coefficient (Wildman–Crippen LogP) is 10.5. The third-order valence-electron chi connectivity index (χ3n) is 7.73. The molecule has 0 aliphatic rings. The molecular weight excluding hydrogens is 516 g/mol. The van der Waals surface area contributed by atoms with Crippen molar-refractivity contribution in [1.82, 2.24) is 0 Å². The second-order valence-electron chi connectivity index (χ2n) is 11.1. The summed E-state index contributed by atoms with van der Waals surface area (Å²) in [5, 5.41) is 0. The molecule has 42 heavy (non-hydrogen) atoms. The molecular formula is C38H40N2O2. The van der Waals surface area contributed by atoms with Crippen LogP contribution in [0.15, 0.2) is 97.1 Å². The number of nitrogens with zero attached hydrogens (tertiary/aromatic N) is 2. The Balaban J connectivity index is 1.69. The quantitative estimate of drug-likeness (QED) is 0.190. The van der Waals surface area contributed by atoms with Crippen LogP contribution < -0.4 is 19.3 Å². The fraction of sp³-hybridized carbons (Fsp3) is 0.211. The number of rotatable bonds is 8. The molecule has 0 N–H and O–H groups in total. The summed E-state index contributed by atoms with van der Waals surface area (Å²) in [6, 6.07) is 34.7. The average molecular weight is 557 g/mol. The van der Waals surface area contributed by atoms with Gasteiger partial charge in [0.1, 0.15) is 11.5 Å². The Morgan fingerprint density at radius 1 is 0.405 bits per heavy atom. The summed E-state index contributed by atoms with van der Waals surface area (Å²) in [6.07, 6.45) is 0. The molecule has 0 heterocycles. The molecule has 0 saturated heterocycles. The summed E-state index contributed by atoms with van der Waals surface area (Å²) in [5.41, 5.74) is 13.5. The largest absolute Gasteiger partial charge is 0.497 e. The molecule has 5 aromatic carbocycles. The van der Waals surface area contributed by atoms with Crippen LogP contribution in [-0.4, -0.2) is 14.2 Å². The lowest BCUT2D eigenvalue weighted by molar-refractivity contribution is 0.414. The molecule has 4 heteroatoms. The molecule has 0 saturated carbocycles. The highest BCUT2D eigenvalue weighted by atomic mass is 16.5. The van der Waals surface area contributed by atoms with Crippen LogP contribution in [0.1, 0.15) is 33.4 Å². The molecule has 214 valence electrons. The van der Waals surface area contributed by atoms with Gasteiger partial charge < -0.3 is 19.3 Å². The highest BCUT2D eigenvalue weighted by molar-refractivity contribution is 5.87. The van der Waals surface area contributed by atoms with Gasteiger partial charge in [-0.1, -0.05) is 41.5 Å². The Morgan fingerprint density at radius 3 is 1.24 bits per heavy atom. The van der Waals surface area contributed by atoms with E-state index in [1.54, 1.807) is 14.2 Å². The first kappa shape index (κ1) is 28.8. The van der Waals surface area contributed by atoms with Crippen LogP contribution in [0.3, 0.4) is 0 Å². The molecule has 0 unspecified atom stereocenters. The molecule has 0 bridgehead atoms. The predicted molar refractivity (Wildman–Crippen MR) is 177 cm³/mol. The van der Waals surface area contributed by atoms with Crippen molar-refractivity contribution >= 4 is 34.1 Å². The van der Waals surface area contributed by atoms with Crippen molar-refractivity contribution in [1.29, 1.82) is 0 Å². The van der Waals surface area contributed by atoms with E-state index in [-0.39, 0.29) is 0 Å². The van der Waals surface area contributed by atoms with Gasteiger partial charge in [-0.2, -0.15) is 0 Å². The van der Waals surface area contributed by atoms with Gasteiger partial charge in [0.2, 0.25) is 0 Å². The van der Waals surface area contributed by atoms with E-state index in [0.717, 1.165) is 62.3 Å². The molecule has 0 radical (unpaired) electrons. The lowest BCUT2D eigenvalue weighted by atomic mass is 10.0. The maximum atomic E-state index is 5.98. The van der Waals surface area contributed by atoms with Crippen molar-refractivity contribution in [3.63, 3.8) is 0 Å². The first-order chi connectivity index (χ1) is 20.2. The van der Waals surface area contributed by atoms with Crippen LogP contribution in [0, 0.1) is 41.5 Å². The Kier molecular flexibility index (Phi) is 8.26. The maximum Gasteiger partial charge on any atom is 0.143 e. The molecule has 5 aromatic rings. The number of ether oxygens (including phenoxy) is 2. The maximum absolute atomic E-state index is 5.98. The van der Waals surface area contributed by atoms with Crippen molar-refractivity contribution in [3.8, 4) is 11.5 Å². The molecule has 0 aromatic heterocycles. The molecule has 0 amide bonds. The van der Waals surface area contributed by atoms with E-state index in [2.05, 4.69) is 148 Å². The molecule has 0 aliphatic heterocycles. The summed E-state index contributed by atoms with van der Waals surface area (Å²) in [6.45, 7) is 12.8. The Bertz CT molecular complexity index is 1620. The summed E-state index contributed by atoms with van der Waals surface area (Å²) in [7, 11) is 3.46. The van der Waals surface area contributed by atoms with Crippen molar-refractivity contribution in [2.24, 2.45) is 0 Å². The van der Waals surface area contributed by atoms with Gasteiger partial charge in [0.05, 0.1) is 25.6 Å². The number of anilines is 6. The van der Waals surface area contributed by atoms with Crippen molar-refractivity contribution < 1.29 is 9.47 Å². The van der Waals surface area contributed by atoms with E-state index in [1.807, 2.05) is 0 Å². The van der Waals surface area contributed by atoms with Gasteiger partial charge in [0.25, 0.3) is 0 Å². The second kappa shape index (κ2) is 12.0. The standard InChI is InChI=1S/C38H40N2O2/c1-25-9-13-31(14-10-25)39(32-15-11-26(2)12-16-32)33-17-19-34(20-18-33)40(37-29(5)23-35(41-7)24-30(37)6)38-28(4)21-27(3)22-36(38)42-8/h9-24H,1-8H3. The van der Waals surface area contributed by atoms with Crippen molar-refractivity contribution in [3.05, 3.63) is 130 Å².